The second kappa shape index (κ2) is 7.79. The standard InChI is InChI=1S/C17H24N2O4S/c1-10(2)18-16(21)11(3)19-15(20)9-24-17(19)12-6-7-13(22-4)14(8-12)23-5/h6-8,10-11,17H,9H2,1-5H3,(H,18,21). The molecule has 0 aromatic heterocycles. The summed E-state index contributed by atoms with van der Waals surface area (Å²) in [6.07, 6.45) is 0. The minimum Gasteiger partial charge on any atom is -0.493 e. The Bertz CT molecular complexity index is 621. The molecule has 0 spiro atoms. The van der Waals surface area contributed by atoms with E-state index >= 15 is 0 Å². The van der Waals surface area contributed by atoms with Crippen LogP contribution in [0.2, 0.25) is 0 Å². The fourth-order valence-corrected chi connectivity index (χ4v) is 3.90. The van der Waals surface area contributed by atoms with Crippen LogP contribution in [0.3, 0.4) is 0 Å². The smallest absolute Gasteiger partial charge is 0.242 e. The topological polar surface area (TPSA) is 67.9 Å². The number of thioether (sulfide) groups is 1. The highest BCUT2D eigenvalue weighted by atomic mass is 32.2. The van der Waals surface area contributed by atoms with E-state index in [1.165, 1.54) is 11.8 Å². The average molecular weight is 352 g/mol. The van der Waals surface area contributed by atoms with Crippen molar-refractivity contribution in [2.45, 2.75) is 38.2 Å². The van der Waals surface area contributed by atoms with E-state index in [9.17, 15) is 9.59 Å². The first-order chi connectivity index (χ1) is 11.4. The van der Waals surface area contributed by atoms with Gasteiger partial charge >= 0.3 is 0 Å². The molecular weight excluding hydrogens is 328 g/mol. The van der Waals surface area contributed by atoms with Gasteiger partial charge in [0.05, 0.1) is 20.0 Å². The number of rotatable bonds is 6. The lowest BCUT2D eigenvalue weighted by atomic mass is 10.1. The highest BCUT2D eigenvalue weighted by Gasteiger charge is 2.39. The van der Waals surface area contributed by atoms with Gasteiger partial charge in [0.1, 0.15) is 11.4 Å². The van der Waals surface area contributed by atoms with E-state index in [0.717, 1.165) is 5.56 Å². The van der Waals surface area contributed by atoms with Crippen molar-refractivity contribution >= 4 is 23.6 Å². The Kier molecular flexibility index (Phi) is 5.99. The third-order valence-electron chi connectivity index (χ3n) is 3.83. The van der Waals surface area contributed by atoms with Gasteiger partial charge in [0.25, 0.3) is 0 Å². The highest BCUT2D eigenvalue weighted by molar-refractivity contribution is 8.00. The van der Waals surface area contributed by atoms with Gasteiger partial charge in [-0.1, -0.05) is 6.07 Å². The van der Waals surface area contributed by atoms with Crippen LogP contribution in [-0.4, -0.2) is 48.8 Å². The SMILES string of the molecule is COc1ccc(C2SCC(=O)N2C(C)C(=O)NC(C)C)cc1OC. The van der Waals surface area contributed by atoms with Gasteiger partial charge < -0.3 is 19.7 Å². The summed E-state index contributed by atoms with van der Waals surface area (Å²) < 4.78 is 10.6. The predicted molar refractivity (Wildman–Crippen MR) is 94.3 cm³/mol. The Balaban J connectivity index is 2.28. The van der Waals surface area contributed by atoms with Crippen molar-refractivity contribution in [1.82, 2.24) is 10.2 Å². The summed E-state index contributed by atoms with van der Waals surface area (Å²) >= 11 is 1.51. The molecule has 132 valence electrons. The number of nitrogens with zero attached hydrogens (tertiary/aromatic N) is 1. The highest BCUT2D eigenvalue weighted by Crippen LogP contribution is 2.42. The summed E-state index contributed by atoms with van der Waals surface area (Å²) in [5, 5.41) is 2.65. The zero-order chi connectivity index (χ0) is 17.9. The van der Waals surface area contributed by atoms with Crippen LogP contribution < -0.4 is 14.8 Å². The fourth-order valence-electron chi connectivity index (χ4n) is 2.65. The van der Waals surface area contributed by atoms with Gasteiger partial charge in [0.15, 0.2) is 11.5 Å². The largest absolute Gasteiger partial charge is 0.493 e. The number of hydrogen-bond acceptors (Lipinski definition) is 5. The maximum Gasteiger partial charge on any atom is 0.242 e. The second-order valence-corrected chi connectivity index (χ2v) is 6.99. The Morgan fingerprint density at radius 1 is 1.25 bits per heavy atom. The van der Waals surface area contributed by atoms with E-state index in [1.807, 2.05) is 32.0 Å². The predicted octanol–water partition coefficient (Wildman–Crippen LogP) is 2.19. The molecule has 24 heavy (non-hydrogen) atoms. The Morgan fingerprint density at radius 2 is 1.92 bits per heavy atom. The molecule has 7 heteroatoms. The zero-order valence-electron chi connectivity index (χ0n) is 14.7. The van der Waals surface area contributed by atoms with Crippen LogP contribution in [0, 0.1) is 0 Å². The molecule has 1 aromatic rings. The van der Waals surface area contributed by atoms with Gasteiger partial charge in [0, 0.05) is 6.04 Å². The summed E-state index contributed by atoms with van der Waals surface area (Å²) in [4.78, 5) is 26.3. The number of carbonyl (C=O) groups is 2. The van der Waals surface area contributed by atoms with Gasteiger partial charge in [-0.3, -0.25) is 9.59 Å². The van der Waals surface area contributed by atoms with Crippen molar-refractivity contribution in [3.63, 3.8) is 0 Å². The minimum atomic E-state index is -0.534. The molecule has 0 saturated carbocycles. The minimum absolute atomic E-state index is 0.0323. The van der Waals surface area contributed by atoms with Crippen molar-refractivity contribution < 1.29 is 19.1 Å². The number of amides is 2. The molecule has 2 rings (SSSR count). The average Bonchev–Trinajstić information content (AvgIpc) is 2.94. The van der Waals surface area contributed by atoms with Crippen LogP contribution >= 0.6 is 11.8 Å². The van der Waals surface area contributed by atoms with Crippen LogP contribution in [0.1, 0.15) is 31.7 Å². The van der Waals surface area contributed by atoms with E-state index in [1.54, 1.807) is 26.0 Å². The Hall–Kier alpha value is -1.89. The van der Waals surface area contributed by atoms with E-state index < -0.39 is 6.04 Å². The Morgan fingerprint density at radius 3 is 2.50 bits per heavy atom. The molecule has 0 radical (unpaired) electrons. The van der Waals surface area contributed by atoms with Crippen molar-refractivity contribution in [2.24, 2.45) is 0 Å². The van der Waals surface area contributed by atoms with E-state index in [-0.39, 0.29) is 23.2 Å². The van der Waals surface area contributed by atoms with Crippen LogP contribution in [0.4, 0.5) is 0 Å². The van der Waals surface area contributed by atoms with Gasteiger partial charge in [-0.25, -0.2) is 0 Å². The van der Waals surface area contributed by atoms with E-state index in [0.29, 0.717) is 17.3 Å². The van der Waals surface area contributed by atoms with Crippen molar-refractivity contribution in [2.75, 3.05) is 20.0 Å². The van der Waals surface area contributed by atoms with Gasteiger partial charge in [-0.15, -0.1) is 11.8 Å². The van der Waals surface area contributed by atoms with Crippen LogP contribution in [0.25, 0.3) is 0 Å². The first-order valence-electron chi connectivity index (χ1n) is 7.84. The molecule has 2 unspecified atom stereocenters. The maximum atomic E-state index is 12.3. The summed E-state index contributed by atoms with van der Waals surface area (Å²) in [7, 11) is 3.15. The normalized spacial score (nSPS) is 18.7. The number of benzene rings is 1. The maximum absolute atomic E-state index is 12.3. The second-order valence-electron chi connectivity index (χ2n) is 5.92. The number of carbonyl (C=O) groups excluding carboxylic acids is 2. The molecule has 1 aromatic carbocycles. The molecule has 2 atom stereocenters. The van der Waals surface area contributed by atoms with Crippen molar-refractivity contribution in [3.8, 4) is 11.5 Å². The molecule has 6 nitrogen and oxygen atoms in total. The van der Waals surface area contributed by atoms with Gasteiger partial charge in [-0.2, -0.15) is 0 Å². The third kappa shape index (κ3) is 3.77. The first kappa shape index (κ1) is 18.4. The summed E-state index contributed by atoms with van der Waals surface area (Å²) in [5.74, 6) is 1.41. The molecule has 2 amide bonds. The number of ether oxygens (including phenoxy) is 2. The summed E-state index contributed by atoms with van der Waals surface area (Å²) in [5.41, 5.74) is 0.910. The summed E-state index contributed by atoms with van der Waals surface area (Å²) in [6, 6.07) is 5.07. The number of hydrogen-bond donors (Lipinski definition) is 1. The molecule has 0 aliphatic carbocycles. The monoisotopic (exact) mass is 352 g/mol. The molecule has 1 N–H and O–H groups in total. The molecular formula is C17H24N2O4S. The van der Waals surface area contributed by atoms with Crippen LogP contribution in [0.15, 0.2) is 18.2 Å². The van der Waals surface area contributed by atoms with Gasteiger partial charge in [0.2, 0.25) is 11.8 Å². The molecule has 0 bridgehead atoms. The molecule has 1 heterocycles. The van der Waals surface area contributed by atoms with Crippen molar-refractivity contribution in [3.05, 3.63) is 23.8 Å². The zero-order valence-corrected chi connectivity index (χ0v) is 15.5. The number of methoxy groups -OCH3 is 2. The molecule has 1 aliphatic heterocycles. The van der Waals surface area contributed by atoms with Gasteiger partial charge in [-0.05, 0) is 38.5 Å². The van der Waals surface area contributed by atoms with Crippen LogP contribution in [-0.2, 0) is 9.59 Å². The lowest BCUT2D eigenvalue weighted by molar-refractivity contribution is -0.138. The van der Waals surface area contributed by atoms with Crippen molar-refractivity contribution in [1.29, 1.82) is 0 Å². The molecule has 1 saturated heterocycles. The summed E-state index contributed by atoms with van der Waals surface area (Å²) in [6.45, 7) is 5.56. The third-order valence-corrected chi connectivity index (χ3v) is 5.05. The fraction of sp³-hybridized carbons (Fsp3) is 0.529. The van der Waals surface area contributed by atoms with Crippen LogP contribution in [0.5, 0.6) is 11.5 Å². The number of nitrogens with one attached hydrogen (secondary N) is 1. The lowest BCUT2D eigenvalue weighted by Gasteiger charge is -2.30. The quantitative estimate of drug-likeness (QED) is 0.850. The van der Waals surface area contributed by atoms with E-state index in [4.69, 9.17) is 9.47 Å². The lowest BCUT2D eigenvalue weighted by Crippen LogP contribution is -2.48. The Labute approximate surface area is 146 Å². The first-order valence-corrected chi connectivity index (χ1v) is 8.89. The molecule has 1 aliphatic rings. The molecule has 1 fully saturated rings. The van der Waals surface area contributed by atoms with E-state index in [2.05, 4.69) is 5.32 Å².